The van der Waals surface area contributed by atoms with E-state index in [0.29, 0.717) is 18.5 Å². The number of hydrogen-bond acceptors (Lipinski definition) is 3. The highest BCUT2D eigenvalue weighted by molar-refractivity contribution is 7.89. The van der Waals surface area contributed by atoms with Crippen molar-refractivity contribution < 1.29 is 13.2 Å². The van der Waals surface area contributed by atoms with Crippen molar-refractivity contribution in [2.75, 3.05) is 13.1 Å². The van der Waals surface area contributed by atoms with Crippen molar-refractivity contribution in [3.63, 3.8) is 0 Å². The molecule has 1 amide bonds. The van der Waals surface area contributed by atoms with Gasteiger partial charge in [-0.2, -0.15) is 0 Å². The van der Waals surface area contributed by atoms with E-state index in [0.717, 1.165) is 5.56 Å². The normalized spacial score (nSPS) is 11.2. The number of nitrogens with one attached hydrogen (secondary N) is 2. The molecule has 0 heterocycles. The molecule has 0 aliphatic rings. The molecule has 0 radical (unpaired) electrons. The maximum atomic E-state index is 12.2. The Morgan fingerprint density at radius 3 is 2.35 bits per heavy atom. The highest BCUT2D eigenvalue weighted by Gasteiger charge is 2.17. The summed E-state index contributed by atoms with van der Waals surface area (Å²) in [4.78, 5) is 11.9. The molecule has 2 aromatic rings. The Hall–Kier alpha value is -2.18. The van der Waals surface area contributed by atoms with Gasteiger partial charge in [0.2, 0.25) is 15.9 Å². The van der Waals surface area contributed by atoms with Crippen LogP contribution in [0.3, 0.4) is 0 Å². The van der Waals surface area contributed by atoms with E-state index in [1.54, 1.807) is 25.1 Å². The molecule has 122 valence electrons. The molecule has 0 saturated heterocycles. The SMILES string of the molecule is Cc1ccccc1S(=O)(=O)NCC(=O)NCCc1ccccc1. The van der Waals surface area contributed by atoms with Gasteiger partial charge in [0.15, 0.2) is 0 Å². The predicted molar refractivity (Wildman–Crippen MR) is 89.5 cm³/mol. The Kier molecular flexibility index (Phi) is 5.90. The Labute approximate surface area is 136 Å². The second-order valence-electron chi connectivity index (χ2n) is 5.18. The molecule has 0 unspecified atom stereocenters. The summed E-state index contributed by atoms with van der Waals surface area (Å²) in [6.07, 6.45) is 0.705. The van der Waals surface area contributed by atoms with Crippen LogP contribution in [0.2, 0.25) is 0 Å². The molecule has 2 aromatic carbocycles. The summed E-state index contributed by atoms with van der Waals surface area (Å²) in [5.74, 6) is -0.349. The monoisotopic (exact) mass is 332 g/mol. The smallest absolute Gasteiger partial charge is 0.241 e. The maximum Gasteiger partial charge on any atom is 0.241 e. The van der Waals surface area contributed by atoms with Gasteiger partial charge in [-0.25, -0.2) is 13.1 Å². The lowest BCUT2D eigenvalue weighted by Crippen LogP contribution is -2.37. The molecule has 0 fully saturated rings. The molecule has 0 aliphatic heterocycles. The molecule has 2 rings (SSSR count). The molecule has 0 aliphatic carbocycles. The third-order valence-corrected chi connectivity index (χ3v) is 4.95. The molecule has 23 heavy (non-hydrogen) atoms. The van der Waals surface area contributed by atoms with Crippen LogP contribution in [0.4, 0.5) is 0 Å². The fraction of sp³-hybridized carbons (Fsp3) is 0.235. The second-order valence-corrected chi connectivity index (χ2v) is 6.91. The Bertz CT molecular complexity index is 758. The average molecular weight is 332 g/mol. The number of rotatable bonds is 7. The summed E-state index contributed by atoms with van der Waals surface area (Å²) in [6.45, 7) is 1.91. The largest absolute Gasteiger partial charge is 0.355 e. The number of carbonyl (C=O) groups is 1. The first-order valence-corrected chi connectivity index (χ1v) is 8.83. The zero-order valence-electron chi connectivity index (χ0n) is 13.0. The van der Waals surface area contributed by atoms with Crippen LogP contribution >= 0.6 is 0 Å². The van der Waals surface area contributed by atoms with E-state index in [2.05, 4.69) is 10.0 Å². The van der Waals surface area contributed by atoms with Gasteiger partial charge in [0, 0.05) is 6.54 Å². The van der Waals surface area contributed by atoms with Crippen molar-refractivity contribution in [3.05, 3.63) is 65.7 Å². The third-order valence-electron chi connectivity index (χ3n) is 3.38. The van der Waals surface area contributed by atoms with Gasteiger partial charge in [-0.15, -0.1) is 0 Å². The van der Waals surface area contributed by atoms with Crippen molar-refractivity contribution in [2.45, 2.75) is 18.2 Å². The van der Waals surface area contributed by atoms with Gasteiger partial charge < -0.3 is 5.32 Å². The Morgan fingerprint density at radius 2 is 1.65 bits per heavy atom. The quantitative estimate of drug-likeness (QED) is 0.809. The summed E-state index contributed by atoms with van der Waals surface area (Å²) in [7, 11) is -3.67. The van der Waals surface area contributed by atoms with E-state index in [9.17, 15) is 13.2 Å². The van der Waals surface area contributed by atoms with Crippen LogP contribution in [0.25, 0.3) is 0 Å². The fourth-order valence-corrected chi connectivity index (χ4v) is 3.38. The van der Waals surface area contributed by atoms with E-state index in [1.165, 1.54) is 6.07 Å². The highest BCUT2D eigenvalue weighted by Crippen LogP contribution is 2.13. The summed E-state index contributed by atoms with van der Waals surface area (Å²) in [5.41, 5.74) is 1.76. The highest BCUT2D eigenvalue weighted by atomic mass is 32.2. The van der Waals surface area contributed by atoms with Crippen molar-refractivity contribution >= 4 is 15.9 Å². The first kappa shape index (κ1) is 17.2. The van der Waals surface area contributed by atoms with Crippen LogP contribution in [0.1, 0.15) is 11.1 Å². The van der Waals surface area contributed by atoms with Gasteiger partial charge in [0.1, 0.15) is 0 Å². The first-order chi connectivity index (χ1) is 11.0. The Morgan fingerprint density at radius 1 is 1.00 bits per heavy atom. The van der Waals surface area contributed by atoms with Crippen LogP contribution in [0.15, 0.2) is 59.5 Å². The van der Waals surface area contributed by atoms with Crippen molar-refractivity contribution in [2.24, 2.45) is 0 Å². The second kappa shape index (κ2) is 7.89. The van der Waals surface area contributed by atoms with Gasteiger partial charge in [-0.1, -0.05) is 48.5 Å². The molecule has 0 aromatic heterocycles. The summed E-state index contributed by atoms with van der Waals surface area (Å²) in [6, 6.07) is 16.4. The predicted octanol–water partition coefficient (Wildman–Crippen LogP) is 1.63. The lowest BCUT2D eigenvalue weighted by molar-refractivity contribution is -0.119. The molecule has 2 N–H and O–H groups in total. The lowest BCUT2D eigenvalue weighted by Gasteiger charge is -2.09. The van der Waals surface area contributed by atoms with Gasteiger partial charge in [-0.05, 0) is 30.5 Å². The standard InChI is InChI=1S/C17H20N2O3S/c1-14-7-5-6-10-16(14)23(21,22)19-13-17(20)18-12-11-15-8-3-2-4-9-15/h2-10,19H,11-13H2,1H3,(H,18,20). The van der Waals surface area contributed by atoms with Crippen LogP contribution in [-0.4, -0.2) is 27.4 Å². The van der Waals surface area contributed by atoms with Gasteiger partial charge in [0.05, 0.1) is 11.4 Å². The van der Waals surface area contributed by atoms with Crippen molar-refractivity contribution in [3.8, 4) is 0 Å². The molecule has 0 atom stereocenters. The molecular weight excluding hydrogens is 312 g/mol. The fourth-order valence-electron chi connectivity index (χ4n) is 2.15. The van der Waals surface area contributed by atoms with E-state index >= 15 is 0 Å². The minimum atomic E-state index is -3.67. The molecular formula is C17H20N2O3S. The number of aryl methyl sites for hydroxylation is 1. The van der Waals surface area contributed by atoms with Gasteiger partial charge >= 0.3 is 0 Å². The van der Waals surface area contributed by atoms with Crippen molar-refractivity contribution in [1.29, 1.82) is 0 Å². The average Bonchev–Trinajstić information content (AvgIpc) is 2.54. The topological polar surface area (TPSA) is 75.3 Å². The number of sulfonamides is 1. The minimum absolute atomic E-state index is 0.192. The van der Waals surface area contributed by atoms with Crippen molar-refractivity contribution in [1.82, 2.24) is 10.0 Å². The number of carbonyl (C=O) groups excluding carboxylic acids is 1. The maximum absolute atomic E-state index is 12.2. The van der Waals surface area contributed by atoms with Crippen LogP contribution in [0, 0.1) is 6.92 Å². The van der Waals surface area contributed by atoms with E-state index < -0.39 is 10.0 Å². The van der Waals surface area contributed by atoms with Gasteiger partial charge in [-0.3, -0.25) is 4.79 Å². The van der Waals surface area contributed by atoms with Crippen LogP contribution < -0.4 is 10.0 Å². The molecule has 0 bridgehead atoms. The zero-order chi connectivity index (χ0) is 16.7. The third kappa shape index (κ3) is 5.19. The zero-order valence-corrected chi connectivity index (χ0v) is 13.8. The molecule has 5 nitrogen and oxygen atoms in total. The lowest BCUT2D eigenvalue weighted by atomic mass is 10.1. The summed E-state index contributed by atoms with van der Waals surface area (Å²) < 4.78 is 26.6. The number of hydrogen-bond donors (Lipinski definition) is 2. The van der Waals surface area contributed by atoms with E-state index in [1.807, 2.05) is 30.3 Å². The molecule has 0 saturated carbocycles. The van der Waals surface area contributed by atoms with E-state index in [-0.39, 0.29) is 17.3 Å². The Balaban J connectivity index is 1.81. The number of benzene rings is 2. The number of amides is 1. The minimum Gasteiger partial charge on any atom is -0.355 e. The summed E-state index contributed by atoms with van der Waals surface area (Å²) in [5, 5.41) is 2.70. The van der Waals surface area contributed by atoms with Crippen LogP contribution in [0.5, 0.6) is 0 Å². The van der Waals surface area contributed by atoms with E-state index in [4.69, 9.17) is 0 Å². The molecule has 6 heteroatoms. The van der Waals surface area contributed by atoms with Gasteiger partial charge in [0.25, 0.3) is 0 Å². The molecule has 0 spiro atoms. The summed E-state index contributed by atoms with van der Waals surface area (Å²) >= 11 is 0. The first-order valence-electron chi connectivity index (χ1n) is 7.35. The van der Waals surface area contributed by atoms with Crippen LogP contribution in [-0.2, 0) is 21.2 Å².